The minimum Gasteiger partial charge on any atom is -0.351 e. The van der Waals surface area contributed by atoms with Crippen LogP contribution in [0.5, 0.6) is 0 Å². The van der Waals surface area contributed by atoms with E-state index in [4.69, 9.17) is 11.6 Å². The Bertz CT molecular complexity index is 776. The summed E-state index contributed by atoms with van der Waals surface area (Å²) in [6, 6.07) is 15.2. The first kappa shape index (κ1) is 17.5. The molecule has 0 heterocycles. The Balaban J connectivity index is 1.49. The van der Waals surface area contributed by atoms with Crippen LogP contribution in [-0.4, -0.2) is 18.4 Å². The summed E-state index contributed by atoms with van der Waals surface area (Å²) >= 11 is 6.00. The van der Waals surface area contributed by atoms with Crippen molar-refractivity contribution in [2.75, 3.05) is 6.54 Å². The van der Waals surface area contributed by atoms with E-state index in [1.54, 1.807) is 24.3 Å². The SMILES string of the molecule is O=C(CCNC(=O)c1ccccc1Cl)N[C@@H]1CCCc2ccccc21. The highest BCUT2D eigenvalue weighted by Crippen LogP contribution is 2.29. The van der Waals surface area contributed by atoms with Crippen LogP contribution in [0.3, 0.4) is 0 Å². The number of hydrogen-bond acceptors (Lipinski definition) is 2. The zero-order valence-corrected chi connectivity index (χ0v) is 14.7. The highest BCUT2D eigenvalue weighted by molar-refractivity contribution is 6.33. The van der Waals surface area contributed by atoms with Crippen LogP contribution in [0, 0.1) is 0 Å². The lowest BCUT2D eigenvalue weighted by Crippen LogP contribution is -2.34. The molecule has 3 rings (SSSR count). The van der Waals surface area contributed by atoms with Gasteiger partial charge in [-0.2, -0.15) is 0 Å². The van der Waals surface area contributed by atoms with Gasteiger partial charge in [0.15, 0.2) is 0 Å². The van der Waals surface area contributed by atoms with E-state index in [1.807, 2.05) is 12.1 Å². The maximum atomic E-state index is 12.2. The van der Waals surface area contributed by atoms with Gasteiger partial charge < -0.3 is 10.6 Å². The quantitative estimate of drug-likeness (QED) is 0.859. The highest BCUT2D eigenvalue weighted by atomic mass is 35.5. The number of amides is 2. The van der Waals surface area contributed by atoms with Crippen LogP contribution >= 0.6 is 11.6 Å². The van der Waals surface area contributed by atoms with E-state index < -0.39 is 0 Å². The molecule has 0 aromatic heterocycles. The second-order valence-corrected chi connectivity index (χ2v) is 6.60. The van der Waals surface area contributed by atoms with Crippen LogP contribution in [0.2, 0.25) is 5.02 Å². The Kier molecular flexibility index (Phi) is 5.71. The van der Waals surface area contributed by atoms with Gasteiger partial charge >= 0.3 is 0 Å². The molecule has 0 spiro atoms. The summed E-state index contributed by atoms with van der Waals surface area (Å²) in [5, 5.41) is 6.23. The molecule has 0 saturated carbocycles. The van der Waals surface area contributed by atoms with Gasteiger partial charge in [-0.15, -0.1) is 0 Å². The minimum absolute atomic E-state index is 0.0545. The van der Waals surface area contributed by atoms with E-state index in [-0.39, 0.29) is 30.8 Å². The molecule has 1 aliphatic rings. The lowest BCUT2D eigenvalue weighted by molar-refractivity contribution is -0.121. The molecule has 2 amide bonds. The zero-order valence-electron chi connectivity index (χ0n) is 13.9. The average molecular weight is 357 g/mol. The molecule has 0 unspecified atom stereocenters. The van der Waals surface area contributed by atoms with Crippen molar-refractivity contribution in [3.8, 4) is 0 Å². The Morgan fingerprint density at radius 3 is 2.68 bits per heavy atom. The van der Waals surface area contributed by atoms with Crippen LogP contribution in [0.1, 0.15) is 46.8 Å². The molecule has 0 aliphatic heterocycles. The number of fused-ring (bicyclic) bond motifs is 1. The molecule has 2 N–H and O–H groups in total. The molecule has 130 valence electrons. The van der Waals surface area contributed by atoms with E-state index >= 15 is 0 Å². The summed E-state index contributed by atoms with van der Waals surface area (Å²) in [5.74, 6) is -0.317. The number of carbonyl (C=O) groups excluding carboxylic acids is 2. The molecule has 2 aromatic rings. The molecule has 25 heavy (non-hydrogen) atoms. The summed E-state index contributed by atoms with van der Waals surface area (Å²) in [6.07, 6.45) is 3.34. The molecular formula is C20H21ClN2O2. The molecule has 0 bridgehead atoms. The minimum atomic E-state index is -0.263. The lowest BCUT2D eigenvalue weighted by Gasteiger charge is -2.26. The largest absolute Gasteiger partial charge is 0.351 e. The summed E-state index contributed by atoms with van der Waals surface area (Å²) in [5.41, 5.74) is 2.94. The van der Waals surface area contributed by atoms with Crippen LogP contribution in [0.15, 0.2) is 48.5 Å². The smallest absolute Gasteiger partial charge is 0.252 e. The van der Waals surface area contributed by atoms with Gasteiger partial charge in [-0.25, -0.2) is 0 Å². The van der Waals surface area contributed by atoms with Crippen LogP contribution in [0.25, 0.3) is 0 Å². The molecule has 2 aromatic carbocycles. The summed E-state index contributed by atoms with van der Waals surface area (Å²) < 4.78 is 0. The number of carbonyl (C=O) groups is 2. The van der Waals surface area contributed by atoms with Crippen molar-refractivity contribution in [1.29, 1.82) is 0 Å². The Morgan fingerprint density at radius 1 is 1.08 bits per heavy atom. The van der Waals surface area contributed by atoms with Crippen LogP contribution < -0.4 is 10.6 Å². The predicted octanol–water partition coefficient (Wildman–Crippen LogP) is 3.65. The van der Waals surface area contributed by atoms with E-state index in [0.717, 1.165) is 19.3 Å². The lowest BCUT2D eigenvalue weighted by atomic mass is 9.88. The molecule has 1 atom stereocenters. The standard InChI is InChI=1S/C20H21ClN2O2/c21-17-10-4-3-9-16(17)20(25)22-13-12-19(24)23-18-11-5-7-14-6-1-2-8-15(14)18/h1-4,6,8-10,18H,5,7,11-13H2,(H,22,25)(H,23,24)/t18-/m1/s1. The van der Waals surface area contributed by atoms with Crippen molar-refractivity contribution in [2.45, 2.75) is 31.7 Å². The van der Waals surface area contributed by atoms with Crippen LogP contribution in [-0.2, 0) is 11.2 Å². The van der Waals surface area contributed by atoms with Gasteiger partial charge in [0.2, 0.25) is 5.91 Å². The van der Waals surface area contributed by atoms with E-state index in [9.17, 15) is 9.59 Å². The molecular weight excluding hydrogens is 336 g/mol. The number of aryl methyl sites for hydroxylation is 1. The van der Waals surface area contributed by atoms with E-state index in [1.165, 1.54) is 11.1 Å². The average Bonchev–Trinajstić information content (AvgIpc) is 2.62. The van der Waals surface area contributed by atoms with Crippen molar-refractivity contribution in [1.82, 2.24) is 10.6 Å². The second-order valence-electron chi connectivity index (χ2n) is 6.20. The maximum Gasteiger partial charge on any atom is 0.252 e. The van der Waals surface area contributed by atoms with Crippen molar-refractivity contribution >= 4 is 23.4 Å². The monoisotopic (exact) mass is 356 g/mol. The van der Waals surface area contributed by atoms with Crippen LogP contribution in [0.4, 0.5) is 0 Å². The van der Waals surface area contributed by atoms with E-state index in [2.05, 4.69) is 22.8 Å². The molecule has 0 fully saturated rings. The fourth-order valence-corrected chi connectivity index (χ4v) is 3.42. The number of nitrogens with one attached hydrogen (secondary N) is 2. The van der Waals surface area contributed by atoms with Crippen molar-refractivity contribution in [2.24, 2.45) is 0 Å². The number of halogens is 1. The topological polar surface area (TPSA) is 58.2 Å². The third-order valence-corrected chi connectivity index (χ3v) is 4.79. The highest BCUT2D eigenvalue weighted by Gasteiger charge is 2.21. The first-order valence-corrected chi connectivity index (χ1v) is 8.93. The predicted molar refractivity (Wildman–Crippen MR) is 98.7 cm³/mol. The van der Waals surface area contributed by atoms with Gasteiger partial charge in [-0.3, -0.25) is 9.59 Å². The third-order valence-electron chi connectivity index (χ3n) is 4.46. The van der Waals surface area contributed by atoms with Gasteiger partial charge in [0, 0.05) is 13.0 Å². The first-order valence-electron chi connectivity index (χ1n) is 8.55. The van der Waals surface area contributed by atoms with Gasteiger partial charge in [0.05, 0.1) is 16.6 Å². The first-order chi connectivity index (χ1) is 12.1. The third kappa shape index (κ3) is 4.40. The maximum absolute atomic E-state index is 12.2. The fourth-order valence-electron chi connectivity index (χ4n) is 3.20. The number of rotatable bonds is 5. The van der Waals surface area contributed by atoms with Gasteiger partial charge in [0.25, 0.3) is 5.91 Å². The normalized spacial score (nSPS) is 16.0. The van der Waals surface area contributed by atoms with Crippen molar-refractivity contribution < 1.29 is 9.59 Å². The Morgan fingerprint density at radius 2 is 1.84 bits per heavy atom. The van der Waals surface area contributed by atoms with Crippen molar-refractivity contribution in [3.05, 3.63) is 70.2 Å². The second kappa shape index (κ2) is 8.17. The summed E-state index contributed by atoms with van der Waals surface area (Å²) in [7, 11) is 0. The van der Waals surface area contributed by atoms with E-state index in [0.29, 0.717) is 10.6 Å². The Labute approximate surface area is 152 Å². The van der Waals surface area contributed by atoms with Gasteiger partial charge in [-0.05, 0) is 42.5 Å². The van der Waals surface area contributed by atoms with Gasteiger partial charge in [-0.1, -0.05) is 48.0 Å². The van der Waals surface area contributed by atoms with Crippen molar-refractivity contribution in [3.63, 3.8) is 0 Å². The molecule has 5 heteroatoms. The van der Waals surface area contributed by atoms with Gasteiger partial charge in [0.1, 0.15) is 0 Å². The molecule has 1 aliphatic carbocycles. The summed E-state index contributed by atoms with van der Waals surface area (Å²) in [4.78, 5) is 24.3. The fraction of sp³-hybridized carbons (Fsp3) is 0.300. The zero-order chi connectivity index (χ0) is 17.6. The number of benzene rings is 2. The molecule has 0 radical (unpaired) electrons. The Hall–Kier alpha value is -2.33. The molecule has 0 saturated heterocycles. The molecule has 4 nitrogen and oxygen atoms in total. The number of hydrogen-bond donors (Lipinski definition) is 2. The summed E-state index contributed by atoms with van der Waals surface area (Å²) in [6.45, 7) is 0.282.